The van der Waals surface area contributed by atoms with Crippen LogP contribution in [0.25, 0.3) is 0 Å². The molecule has 3 rings (SSSR count). The minimum absolute atomic E-state index is 0.0190. The average Bonchev–Trinajstić information content (AvgIpc) is 2.70. The standard InChI is InChI=1S/C23H28ClN3O2/c1-16-8-10-18(11-9-16)14-25-21(28)23(3)12-5-13-27(15-23)22(29)26-20-7-4-6-19(24)17(20)2/h4,6-11H,5,12-15H2,1-3H3,(H,25,28)(H,26,29)/t23-/m0/s1. The number of rotatable bonds is 4. The number of benzene rings is 2. The molecule has 0 bridgehead atoms. The number of amides is 3. The second-order valence-corrected chi connectivity index (χ2v) is 8.50. The molecule has 0 unspecified atom stereocenters. The van der Waals surface area contributed by atoms with Gasteiger partial charge >= 0.3 is 6.03 Å². The van der Waals surface area contributed by atoms with Crippen LogP contribution in [0.2, 0.25) is 5.02 Å². The molecule has 1 aliphatic rings. The lowest BCUT2D eigenvalue weighted by molar-refractivity contribution is -0.132. The Kier molecular flexibility index (Phi) is 6.48. The van der Waals surface area contributed by atoms with Crippen LogP contribution in [0.15, 0.2) is 42.5 Å². The van der Waals surface area contributed by atoms with Crippen LogP contribution in [0.4, 0.5) is 10.5 Å². The molecular formula is C23H28ClN3O2. The summed E-state index contributed by atoms with van der Waals surface area (Å²) in [6, 6.07) is 13.3. The van der Waals surface area contributed by atoms with Gasteiger partial charge in [0.25, 0.3) is 0 Å². The van der Waals surface area contributed by atoms with Gasteiger partial charge in [0.1, 0.15) is 0 Å². The largest absolute Gasteiger partial charge is 0.351 e. The van der Waals surface area contributed by atoms with E-state index in [2.05, 4.69) is 10.6 Å². The monoisotopic (exact) mass is 413 g/mol. The van der Waals surface area contributed by atoms with Gasteiger partial charge in [-0.05, 0) is 56.9 Å². The van der Waals surface area contributed by atoms with Crippen molar-refractivity contribution in [1.29, 1.82) is 0 Å². The molecule has 1 saturated heterocycles. The van der Waals surface area contributed by atoms with E-state index in [0.29, 0.717) is 30.3 Å². The van der Waals surface area contributed by atoms with E-state index < -0.39 is 5.41 Å². The van der Waals surface area contributed by atoms with E-state index in [0.717, 1.165) is 24.0 Å². The van der Waals surface area contributed by atoms with Crippen molar-refractivity contribution >= 4 is 29.2 Å². The number of anilines is 1. The van der Waals surface area contributed by atoms with Gasteiger partial charge < -0.3 is 15.5 Å². The van der Waals surface area contributed by atoms with Crippen LogP contribution in [0, 0.1) is 19.3 Å². The van der Waals surface area contributed by atoms with Crippen LogP contribution in [-0.4, -0.2) is 29.9 Å². The number of hydrogen-bond donors (Lipinski definition) is 2. The van der Waals surface area contributed by atoms with E-state index >= 15 is 0 Å². The molecule has 3 amide bonds. The van der Waals surface area contributed by atoms with Gasteiger partial charge in [-0.1, -0.05) is 47.5 Å². The number of nitrogens with one attached hydrogen (secondary N) is 2. The molecule has 2 aromatic rings. The molecule has 0 radical (unpaired) electrons. The zero-order chi connectivity index (χ0) is 21.0. The maximum absolute atomic E-state index is 12.9. The van der Waals surface area contributed by atoms with E-state index in [1.54, 1.807) is 11.0 Å². The quantitative estimate of drug-likeness (QED) is 0.748. The van der Waals surface area contributed by atoms with Gasteiger partial charge in [0.15, 0.2) is 0 Å². The first-order chi connectivity index (χ1) is 13.8. The molecular weight excluding hydrogens is 386 g/mol. The summed E-state index contributed by atoms with van der Waals surface area (Å²) in [6.07, 6.45) is 1.54. The van der Waals surface area contributed by atoms with Crippen molar-refractivity contribution < 1.29 is 9.59 Å². The smallest absolute Gasteiger partial charge is 0.321 e. The van der Waals surface area contributed by atoms with Crippen LogP contribution in [0.1, 0.15) is 36.5 Å². The molecule has 0 aromatic heterocycles. The Bertz CT molecular complexity index is 897. The predicted molar refractivity (Wildman–Crippen MR) is 117 cm³/mol. The first-order valence-corrected chi connectivity index (χ1v) is 10.3. The number of urea groups is 1. The summed E-state index contributed by atoms with van der Waals surface area (Å²) in [5.74, 6) is -0.0190. The van der Waals surface area contributed by atoms with Crippen molar-refractivity contribution in [3.8, 4) is 0 Å². The fraction of sp³-hybridized carbons (Fsp3) is 0.391. The highest BCUT2D eigenvalue weighted by molar-refractivity contribution is 6.31. The number of likely N-dealkylation sites (tertiary alicyclic amines) is 1. The summed E-state index contributed by atoms with van der Waals surface area (Å²) in [4.78, 5) is 27.4. The molecule has 6 heteroatoms. The topological polar surface area (TPSA) is 61.4 Å². The molecule has 2 N–H and O–H groups in total. The lowest BCUT2D eigenvalue weighted by Gasteiger charge is -2.39. The first kappa shape index (κ1) is 21.2. The Labute approximate surface area is 177 Å². The van der Waals surface area contributed by atoms with Crippen molar-refractivity contribution in [1.82, 2.24) is 10.2 Å². The lowest BCUT2D eigenvalue weighted by Crippen LogP contribution is -2.52. The molecule has 1 heterocycles. The predicted octanol–water partition coefficient (Wildman–Crippen LogP) is 4.91. The number of piperidine rings is 1. The molecule has 154 valence electrons. The average molecular weight is 414 g/mol. The number of carbonyl (C=O) groups is 2. The summed E-state index contributed by atoms with van der Waals surface area (Å²) >= 11 is 6.15. The molecule has 0 aliphatic carbocycles. The van der Waals surface area contributed by atoms with Gasteiger partial charge in [0.05, 0.1) is 5.41 Å². The molecule has 0 spiro atoms. The van der Waals surface area contributed by atoms with Crippen molar-refractivity contribution in [2.75, 3.05) is 18.4 Å². The number of carbonyl (C=O) groups excluding carboxylic acids is 2. The maximum Gasteiger partial charge on any atom is 0.321 e. The zero-order valence-electron chi connectivity index (χ0n) is 17.2. The first-order valence-electron chi connectivity index (χ1n) is 9.93. The van der Waals surface area contributed by atoms with Crippen LogP contribution in [0.3, 0.4) is 0 Å². The molecule has 1 fully saturated rings. The second kappa shape index (κ2) is 8.87. The van der Waals surface area contributed by atoms with Gasteiger partial charge in [-0.25, -0.2) is 4.79 Å². The highest BCUT2D eigenvalue weighted by atomic mass is 35.5. The van der Waals surface area contributed by atoms with Gasteiger partial charge in [-0.15, -0.1) is 0 Å². The lowest BCUT2D eigenvalue weighted by atomic mass is 9.81. The van der Waals surface area contributed by atoms with E-state index in [4.69, 9.17) is 11.6 Å². The van der Waals surface area contributed by atoms with Crippen molar-refractivity contribution in [2.45, 2.75) is 40.2 Å². The molecule has 5 nitrogen and oxygen atoms in total. The highest BCUT2D eigenvalue weighted by Crippen LogP contribution is 2.31. The third-order valence-corrected chi connectivity index (χ3v) is 6.02. The number of nitrogens with zero attached hydrogens (tertiary/aromatic N) is 1. The SMILES string of the molecule is Cc1ccc(CNC(=O)[C@@]2(C)CCCN(C(=O)Nc3cccc(Cl)c3C)C2)cc1. The number of hydrogen-bond acceptors (Lipinski definition) is 2. The molecule has 1 aliphatic heterocycles. The van der Waals surface area contributed by atoms with Crippen molar-refractivity contribution in [2.24, 2.45) is 5.41 Å². The maximum atomic E-state index is 12.9. The Morgan fingerprint density at radius 2 is 1.86 bits per heavy atom. The fourth-order valence-electron chi connectivity index (χ4n) is 3.64. The Morgan fingerprint density at radius 3 is 2.59 bits per heavy atom. The highest BCUT2D eigenvalue weighted by Gasteiger charge is 2.39. The molecule has 29 heavy (non-hydrogen) atoms. The van der Waals surface area contributed by atoms with Gasteiger partial charge in [-0.2, -0.15) is 0 Å². The molecule has 0 saturated carbocycles. The van der Waals surface area contributed by atoms with Gasteiger partial charge in [0.2, 0.25) is 5.91 Å². The van der Waals surface area contributed by atoms with Crippen LogP contribution < -0.4 is 10.6 Å². The van der Waals surface area contributed by atoms with Crippen LogP contribution in [-0.2, 0) is 11.3 Å². The summed E-state index contributed by atoms with van der Waals surface area (Å²) in [5, 5.41) is 6.58. The zero-order valence-corrected chi connectivity index (χ0v) is 18.0. The van der Waals surface area contributed by atoms with Crippen molar-refractivity contribution in [3.63, 3.8) is 0 Å². The molecule has 1 atom stereocenters. The summed E-state index contributed by atoms with van der Waals surface area (Å²) < 4.78 is 0. The fourth-order valence-corrected chi connectivity index (χ4v) is 3.81. The second-order valence-electron chi connectivity index (χ2n) is 8.10. The Hall–Kier alpha value is -2.53. The minimum atomic E-state index is -0.607. The third kappa shape index (κ3) is 5.10. The van der Waals surface area contributed by atoms with E-state index in [-0.39, 0.29) is 11.9 Å². The summed E-state index contributed by atoms with van der Waals surface area (Å²) in [5.41, 5.74) is 3.17. The normalized spacial score (nSPS) is 19.0. The van der Waals surface area contributed by atoms with Crippen LogP contribution >= 0.6 is 11.6 Å². The number of halogens is 1. The summed E-state index contributed by atoms with van der Waals surface area (Å²) in [6.45, 7) is 7.35. The van der Waals surface area contributed by atoms with Crippen molar-refractivity contribution in [3.05, 3.63) is 64.2 Å². The van der Waals surface area contributed by atoms with E-state index in [9.17, 15) is 9.59 Å². The summed E-state index contributed by atoms with van der Waals surface area (Å²) in [7, 11) is 0. The van der Waals surface area contributed by atoms with Crippen LogP contribution in [0.5, 0.6) is 0 Å². The number of aryl methyl sites for hydroxylation is 1. The Morgan fingerprint density at radius 1 is 1.14 bits per heavy atom. The van der Waals surface area contributed by atoms with E-state index in [1.165, 1.54) is 5.56 Å². The molecule has 2 aromatic carbocycles. The van der Waals surface area contributed by atoms with Gasteiger partial charge in [0, 0.05) is 30.3 Å². The Balaban J connectivity index is 1.61. The van der Waals surface area contributed by atoms with Gasteiger partial charge in [-0.3, -0.25) is 4.79 Å². The van der Waals surface area contributed by atoms with E-state index in [1.807, 2.05) is 57.2 Å². The third-order valence-electron chi connectivity index (χ3n) is 5.61. The minimum Gasteiger partial charge on any atom is -0.351 e.